The van der Waals surface area contributed by atoms with Gasteiger partial charge in [-0.15, -0.1) is 0 Å². The minimum absolute atomic E-state index is 0.0241. The van der Waals surface area contributed by atoms with Crippen LogP contribution in [0, 0.1) is 6.92 Å². The molecule has 0 heterocycles. The van der Waals surface area contributed by atoms with Gasteiger partial charge in [0.2, 0.25) is 0 Å². The fraction of sp³-hybridized carbons (Fsp3) is 0.529. The Kier molecular flexibility index (Phi) is 6.57. The van der Waals surface area contributed by atoms with Gasteiger partial charge in [-0.1, -0.05) is 18.2 Å². The number of ether oxygens (including phenoxy) is 2. The summed E-state index contributed by atoms with van der Waals surface area (Å²) in [7, 11) is 1.29. The summed E-state index contributed by atoms with van der Waals surface area (Å²) in [5.41, 5.74) is 1.74. The molecule has 1 rings (SSSR count). The van der Waals surface area contributed by atoms with Gasteiger partial charge in [-0.3, -0.25) is 4.79 Å². The lowest BCUT2D eigenvalue weighted by Gasteiger charge is -2.24. The van der Waals surface area contributed by atoms with Gasteiger partial charge in [0.05, 0.1) is 26.2 Å². The first-order valence-corrected chi connectivity index (χ1v) is 7.43. The standard InChI is InChI=1S/C17H25NO5/c1-11-6-7-12(8-13(11)10-19)14(9-15(20)22-5)18-16(21)23-17(2,3)4/h6-8,14,19H,9-10H2,1-5H3,(H,18,21). The van der Waals surface area contributed by atoms with Gasteiger partial charge in [0, 0.05) is 0 Å². The van der Waals surface area contributed by atoms with Gasteiger partial charge < -0.3 is 19.9 Å². The quantitative estimate of drug-likeness (QED) is 0.814. The summed E-state index contributed by atoms with van der Waals surface area (Å²) in [6, 6.07) is 4.81. The van der Waals surface area contributed by atoms with Crippen molar-refractivity contribution in [1.29, 1.82) is 0 Å². The Balaban J connectivity index is 3.00. The van der Waals surface area contributed by atoms with Gasteiger partial charge in [0.1, 0.15) is 5.60 Å². The molecule has 0 aliphatic carbocycles. The molecule has 1 amide bonds. The monoisotopic (exact) mass is 323 g/mol. The number of amides is 1. The van der Waals surface area contributed by atoms with E-state index in [4.69, 9.17) is 4.74 Å². The molecule has 0 saturated carbocycles. The molecule has 6 heteroatoms. The summed E-state index contributed by atoms with van der Waals surface area (Å²) in [6.07, 6.45) is -0.638. The van der Waals surface area contributed by atoms with Crippen LogP contribution in [0.2, 0.25) is 0 Å². The van der Waals surface area contributed by atoms with Crippen molar-refractivity contribution in [1.82, 2.24) is 5.32 Å². The number of esters is 1. The summed E-state index contributed by atoms with van der Waals surface area (Å²) in [5, 5.41) is 12.1. The summed E-state index contributed by atoms with van der Waals surface area (Å²) < 4.78 is 9.92. The second-order valence-electron chi connectivity index (χ2n) is 6.32. The molecule has 0 bridgehead atoms. The average molecular weight is 323 g/mol. The van der Waals surface area contributed by atoms with Crippen LogP contribution in [0.1, 0.15) is 49.9 Å². The molecule has 6 nitrogen and oxygen atoms in total. The van der Waals surface area contributed by atoms with Crippen LogP contribution >= 0.6 is 0 Å². The number of hydrogen-bond acceptors (Lipinski definition) is 5. The Labute approximate surface area is 136 Å². The molecule has 1 aromatic rings. The number of aliphatic hydroxyl groups excluding tert-OH is 1. The number of carbonyl (C=O) groups is 2. The van der Waals surface area contributed by atoms with Crippen LogP contribution in [0.5, 0.6) is 0 Å². The van der Waals surface area contributed by atoms with E-state index >= 15 is 0 Å². The van der Waals surface area contributed by atoms with E-state index in [-0.39, 0.29) is 13.0 Å². The predicted molar refractivity (Wildman–Crippen MR) is 85.8 cm³/mol. The predicted octanol–water partition coefficient (Wildman–Crippen LogP) is 2.62. The summed E-state index contributed by atoms with van der Waals surface area (Å²) in [5.74, 6) is -0.447. The van der Waals surface area contributed by atoms with Gasteiger partial charge in [-0.25, -0.2) is 4.79 Å². The fourth-order valence-corrected chi connectivity index (χ4v) is 2.03. The van der Waals surface area contributed by atoms with Crippen molar-refractivity contribution in [2.45, 2.75) is 52.4 Å². The Morgan fingerprint density at radius 3 is 2.48 bits per heavy atom. The molecule has 1 aromatic carbocycles. The Morgan fingerprint density at radius 1 is 1.30 bits per heavy atom. The zero-order valence-electron chi connectivity index (χ0n) is 14.3. The first-order valence-electron chi connectivity index (χ1n) is 7.43. The summed E-state index contributed by atoms with van der Waals surface area (Å²) >= 11 is 0. The fourth-order valence-electron chi connectivity index (χ4n) is 2.03. The van der Waals surface area contributed by atoms with Crippen molar-refractivity contribution in [3.63, 3.8) is 0 Å². The van der Waals surface area contributed by atoms with Gasteiger partial charge in [-0.2, -0.15) is 0 Å². The third-order valence-corrected chi connectivity index (χ3v) is 3.24. The second kappa shape index (κ2) is 7.97. The number of nitrogens with one attached hydrogen (secondary N) is 1. The van der Waals surface area contributed by atoms with E-state index in [0.717, 1.165) is 11.1 Å². The Hall–Kier alpha value is -2.08. The highest BCUT2D eigenvalue weighted by molar-refractivity contribution is 5.73. The van der Waals surface area contributed by atoms with Crippen molar-refractivity contribution in [2.75, 3.05) is 7.11 Å². The van der Waals surface area contributed by atoms with Crippen LogP contribution in [0.25, 0.3) is 0 Å². The van der Waals surface area contributed by atoms with Crippen LogP contribution in [0.3, 0.4) is 0 Å². The molecule has 0 spiro atoms. The van der Waals surface area contributed by atoms with E-state index in [2.05, 4.69) is 10.1 Å². The average Bonchev–Trinajstić information content (AvgIpc) is 2.44. The maximum absolute atomic E-state index is 12.0. The third kappa shape index (κ3) is 6.28. The number of rotatable bonds is 5. The van der Waals surface area contributed by atoms with Crippen molar-refractivity contribution >= 4 is 12.1 Å². The van der Waals surface area contributed by atoms with Crippen LogP contribution in [0.15, 0.2) is 18.2 Å². The van der Waals surface area contributed by atoms with Gasteiger partial charge in [0.25, 0.3) is 0 Å². The highest BCUT2D eigenvalue weighted by Gasteiger charge is 2.23. The number of methoxy groups -OCH3 is 1. The van der Waals surface area contributed by atoms with Crippen molar-refractivity contribution in [2.24, 2.45) is 0 Å². The van der Waals surface area contributed by atoms with Crippen LogP contribution in [0.4, 0.5) is 4.79 Å². The normalized spacial score (nSPS) is 12.4. The minimum Gasteiger partial charge on any atom is -0.469 e. The zero-order valence-corrected chi connectivity index (χ0v) is 14.3. The maximum Gasteiger partial charge on any atom is 0.408 e. The smallest absolute Gasteiger partial charge is 0.408 e. The number of aliphatic hydroxyl groups is 1. The van der Waals surface area contributed by atoms with E-state index in [1.165, 1.54) is 7.11 Å². The number of alkyl carbamates (subject to hydrolysis) is 1. The first-order chi connectivity index (χ1) is 10.7. The number of hydrogen-bond donors (Lipinski definition) is 2. The van der Waals surface area contributed by atoms with Crippen molar-refractivity contribution < 1.29 is 24.2 Å². The van der Waals surface area contributed by atoms with E-state index in [1.807, 2.05) is 13.0 Å². The third-order valence-electron chi connectivity index (χ3n) is 3.24. The molecular formula is C17H25NO5. The lowest BCUT2D eigenvalue weighted by Crippen LogP contribution is -2.36. The summed E-state index contributed by atoms with van der Waals surface area (Å²) in [4.78, 5) is 23.6. The molecule has 0 fully saturated rings. The SMILES string of the molecule is COC(=O)CC(NC(=O)OC(C)(C)C)c1ccc(C)c(CO)c1. The lowest BCUT2D eigenvalue weighted by molar-refractivity contribution is -0.141. The van der Waals surface area contributed by atoms with Gasteiger partial charge in [-0.05, 0) is 44.4 Å². The number of aryl methyl sites for hydroxylation is 1. The van der Waals surface area contributed by atoms with E-state index in [9.17, 15) is 14.7 Å². The topological polar surface area (TPSA) is 84.9 Å². The number of benzene rings is 1. The molecule has 0 aromatic heterocycles. The van der Waals surface area contributed by atoms with Crippen molar-refractivity contribution in [3.05, 3.63) is 34.9 Å². The minimum atomic E-state index is -0.635. The maximum atomic E-state index is 12.0. The van der Waals surface area contributed by atoms with E-state index in [0.29, 0.717) is 5.56 Å². The van der Waals surface area contributed by atoms with E-state index in [1.54, 1.807) is 32.9 Å². The molecular weight excluding hydrogens is 298 g/mol. The number of carbonyl (C=O) groups excluding carboxylic acids is 2. The zero-order chi connectivity index (χ0) is 17.6. The van der Waals surface area contributed by atoms with Crippen LogP contribution in [-0.2, 0) is 20.9 Å². The largest absolute Gasteiger partial charge is 0.469 e. The van der Waals surface area contributed by atoms with Gasteiger partial charge >= 0.3 is 12.1 Å². The summed E-state index contributed by atoms with van der Waals surface area (Å²) in [6.45, 7) is 7.05. The highest BCUT2D eigenvalue weighted by Crippen LogP contribution is 2.22. The van der Waals surface area contributed by atoms with Crippen molar-refractivity contribution in [3.8, 4) is 0 Å². The Bertz CT molecular complexity index is 563. The molecule has 128 valence electrons. The molecule has 0 aliphatic heterocycles. The van der Waals surface area contributed by atoms with E-state index < -0.39 is 23.7 Å². The molecule has 0 saturated heterocycles. The first kappa shape index (κ1) is 19.0. The molecule has 1 unspecified atom stereocenters. The highest BCUT2D eigenvalue weighted by atomic mass is 16.6. The molecule has 1 atom stereocenters. The molecule has 23 heavy (non-hydrogen) atoms. The van der Waals surface area contributed by atoms with Crippen LogP contribution in [-0.4, -0.2) is 29.9 Å². The molecule has 2 N–H and O–H groups in total. The van der Waals surface area contributed by atoms with Gasteiger partial charge in [0.15, 0.2) is 0 Å². The Morgan fingerprint density at radius 2 is 1.96 bits per heavy atom. The molecule has 0 radical (unpaired) electrons. The lowest BCUT2D eigenvalue weighted by atomic mass is 9.98. The molecule has 0 aliphatic rings. The second-order valence-corrected chi connectivity index (χ2v) is 6.32. The van der Waals surface area contributed by atoms with Crippen LogP contribution < -0.4 is 5.32 Å².